The fourth-order valence-corrected chi connectivity index (χ4v) is 20.7. The van der Waals surface area contributed by atoms with Crippen molar-refractivity contribution in [2.75, 3.05) is 63.0 Å². The average molecular weight is 1770 g/mol. The van der Waals surface area contributed by atoms with E-state index in [4.69, 9.17) is 81.8 Å². The molecule has 4 saturated carbocycles. The molecule has 662 valence electrons. The number of rotatable bonds is 23. The van der Waals surface area contributed by atoms with Crippen LogP contribution in [0.1, 0.15) is 163 Å². The van der Waals surface area contributed by atoms with Crippen LogP contribution in [0, 0.1) is 33.5 Å². The summed E-state index contributed by atoms with van der Waals surface area (Å²) in [5.41, 5.74) is 12.1. The number of carboxylic acids is 2. The number of methoxy groups -OCH3 is 7. The van der Waals surface area contributed by atoms with Crippen LogP contribution in [0.25, 0.3) is 6.08 Å². The molecule has 23 heteroatoms. The molecule has 0 heterocycles. The van der Waals surface area contributed by atoms with Gasteiger partial charge in [-0.3, -0.25) is 14.4 Å². The normalized spacial score (nSPS) is 18.3. The Balaban J connectivity index is 0.000000261. The van der Waals surface area contributed by atoms with Crippen LogP contribution in [0.15, 0.2) is 255 Å². The summed E-state index contributed by atoms with van der Waals surface area (Å²) in [6.07, 6.45) is 3.10. The SMILES string of the molecule is C.CC(C)=P(c1ccccc1)(c1ccccc1)c1ccccc1.CCOC(=O)/C=C/c1cccc(OC)c1.CCOC(=O)[C@H]1[C@H](c2cccc(OC)c2)C1(C)C.COc1ccc(Cl)cc1C(=O)O.COc1cccc([C@H]2[C@H](C(=O)O)C2(C)C)c1.COc1cccc([C@H]2[C@H](N)C2(C)C)c1.COc1cccc([C@H]2[C@H](NC(=O)c3cc(Cl)ccc3OC)C2(C)C)c1.[Na+].[OH-]. The molecule has 1 amide bonds. The number of aromatic carboxylic acids is 1. The summed E-state index contributed by atoms with van der Waals surface area (Å²) >= 11 is 11.6. The van der Waals surface area contributed by atoms with Crippen LogP contribution in [0.5, 0.6) is 40.2 Å². The first kappa shape index (κ1) is 105. The van der Waals surface area contributed by atoms with Crippen LogP contribution in [0.3, 0.4) is 0 Å². The first-order valence-corrected chi connectivity index (χ1v) is 42.9. The minimum absolute atomic E-state index is 0. The van der Waals surface area contributed by atoms with Gasteiger partial charge in [-0.15, -0.1) is 0 Å². The fourth-order valence-electron chi connectivity index (χ4n) is 16.0. The second kappa shape index (κ2) is 47.9. The maximum atomic E-state index is 12.7. The number of ether oxygens (including phenoxy) is 9. The molecule has 0 radical (unpaired) electrons. The number of esters is 2. The van der Waals surface area contributed by atoms with Crippen LogP contribution in [0.2, 0.25) is 10.0 Å². The van der Waals surface area contributed by atoms with E-state index in [9.17, 15) is 24.0 Å². The summed E-state index contributed by atoms with van der Waals surface area (Å²) < 4.78 is 45.9. The molecule has 4 aliphatic rings. The number of carboxylic acid groups (broad SMARTS) is 2. The molecule has 8 atom stereocenters. The summed E-state index contributed by atoms with van der Waals surface area (Å²) in [7, 11) is 11.2. The summed E-state index contributed by atoms with van der Waals surface area (Å²) in [4.78, 5) is 57.4. The number of amides is 1. The molecule has 125 heavy (non-hydrogen) atoms. The van der Waals surface area contributed by atoms with E-state index >= 15 is 0 Å². The van der Waals surface area contributed by atoms with E-state index in [0.29, 0.717) is 46.2 Å². The van der Waals surface area contributed by atoms with E-state index in [1.807, 2.05) is 124 Å². The van der Waals surface area contributed by atoms with Gasteiger partial charge in [0, 0.05) is 51.9 Å². The summed E-state index contributed by atoms with van der Waals surface area (Å²) in [5.74, 6) is 3.31. The topological polar surface area (TPSA) is 277 Å². The number of hydrogen-bond donors (Lipinski definition) is 4. The van der Waals surface area contributed by atoms with Gasteiger partial charge in [0.05, 0.1) is 80.4 Å². The molecular formula is C102H122Cl2N2NaO17P. The largest absolute Gasteiger partial charge is 1.00 e. The predicted octanol–water partition coefficient (Wildman–Crippen LogP) is 17.9. The van der Waals surface area contributed by atoms with Crippen LogP contribution >= 0.6 is 30.1 Å². The molecule has 0 aromatic heterocycles. The van der Waals surface area contributed by atoms with Gasteiger partial charge in [-0.05, 0) is 203 Å². The van der Waals surface area contributed by atoms with Crippen molar-refractivity contribution in [3.05, 3.63) is 304 Å². The Morgan fingerprint density at radius 1 is 0.432 bits per heavy atom. The predicted molar refractivity (Wildman–Crippen MR) is 500 cm³/mol. The number of nitrogens with one attached hydrogen (secondary N) is 1. The number of halogens is 2. The number of aliphatic carboxylic acids is 1. The summed E-state index contributed by atoms with van der Waals surface area (Å²) in [5, 5.41) is 27.6. The Hall–Kier alpha value is -10.3. The van der Waals surface area contributed by atoms with Crippen LogP contribution in [-0.2, 0) is 23.9 Å². The van der Waals surface area contributed by atoms with Gasteiger partial charge < -0.3 is 69.4 Å². The zero-order valence-electron chi connectivity index (χ0n) is 74.7. The molecule has 14 rings (SSSR count). The first-order valence-electron chi connectivity index (χ1n) is 40.4. The second-order valence-corrected chi connectivity index (χ2v) is 37.0. The van der Waals surface area contributed by atoms with Gasteiger partial charge in [-0.1, -0.05) is 243 Å². The van der Waals surface area contributed by atoms with Gasteiger partial charge in [-0.2, -0.15) is 0 Å². The number of carbonyl (C=O) groups excluding carboxylic acids is 3. The number of carbonyl (C=O) groups is 5. The minimum atomic E-state index is -1.71. The Morgan fingerprint density at radius 2 is 0.784 bits per heavy atom. The molecule has 0 spiro atoms. The van der Waals surface area contributed by atoms with Crippen molar-refractivity contribution in [2.24, 2.45) is 39.2 Å². The Kier molecular flexibility index (Phi) is 40.3. The van der Waals surface area contributed by atoms with Crippen molar-refractivity contribution in [2.45, 2.75) is 126 Å². The van der Waals surface area contributed by atoms with Crippen LogP contribution in [0.4, 0.5) is 0 Å². The molecule has 0 saturated heterocycles. The quantitative estimate of drug-likeness (QED) is 0.0200. The van der Waals surface area contributed by atoms with Crippen molar-refractivity contribution in [3.63, 3.8) is 0 Å². The molecule has 10 aromatic rings. The maximum absolute atomic E-state index is 12.7. The maximum Gasteiger partial charge on any atom is 1.00 e. The number of nitrogens with two attached hydrogens (primary N) is 1. The summed E-state index contributed by atoms with van der Waals surface area (Å²) in [6, 6.07) is 81.9. The van der Waals surface area contributed by atoms with E-state index in [2.05, 4.69) is 170 Å². The van der Waals surface area contributed by atoms with E-state index in [1.165, 1.54) is 52.1 Å². The monoisotopic (exact) mass is 1770 g/mol. The van der Waals surface area contributed by atoms with Gasteiger partial charge in [-0.25, -0.2) is 9.59 Å². The molecule has 0 aliphatic heterocycles. The molecule has 6 N–H and O–H groups in total. The molecular weight excluding hydrogens is 1650 g/mol. The van der Waals surface area contributed by atoms with Crippen LogP contribution < -0.4 is 89.7 Å². The fraction of sp³-hybridized carbons (Fsp3) is 0.333. The van der Waals surface area contributed by atoms with E-state index in [1.54, 1.807) is 79.9 Å². The molecule has 0 bridgehead atoms. The Labute approximate surface area is 771 Å². The molecule has 10 aromatic carbocycles. The van der Waals surface area contributed by atoms with E-state index in [0.717, 1.165) is 51.0 Å². The Morgan fingerprint density at radius 3 is 1.14 bits per heavy atom. The third-order valence-corrected chi connectivity index (χ3v) is 28.0. The minimum Gasteiger partial charge on any atom is -0.870 e. The van der Waals surface area contributed by atoms with Gasteiger partial charge in [0.25, 0.3) is 5.91 Å². The van der Waals surface area contributed by atoms with Crippen molar-refractivity contribution in [3.8, 4) is 40.2 Å². The van der Waals surface area contributed by atoms with Crippen molar-refractivity contribution >= 4 is 87.2 Å². The van der Waals surface area contributed by atoms with E-state index < -0.39 is 18.8 Å². The van der Waals surface area contributed by atoms with E-state index in [-0.39, 0.29) is 129 Å². The molecule has 4 aliphatic carbocycles. The van der Waals surface area contributed by atoms with Crippen molar-refractivity contribution < 1.29 is 112 Å². The van der Waals surface area contributed by atoms with Gasteiger partial charge in [0.15, 0.2) is 0 Å². The third kappa shape index (κ3) is 26.6. The zero-order valence-corrected chi connectivity index (χ0v) is 79.1. The smallest absolute Gasteiger partial charge is 0.870 e. The standard InChI is InChI=1S/C21H21P.C20H22ClNO3.C15H20O3.C13H16O3.C12H17NO.C12H14O3.C8H7ClO3.CH4.Na.H2O/c1-18(2)22(19-12-6-3-7-13-19,20-14-8-4-9-15-20)21-16-10-5-11-17-21;1-20(2)17(12-6-5-7-14(10-12)24-3)18(20)22-19(23)15-11-13(21)8-9-16(15)25-4;1-5-18-14(16)13-12(15(13,2)3)10-7-6-8-11(9-10)17-4;1-13(2)10(11(13)12(14)15)8-5-4-6-9(7-8)16-3;1-12(2)10(11(12)13)8-5-4-6-9(7-8)14-3;1-3-15-12(13)8-7-10-5-4-6-11(9-10)14-2;1-12-7-3-2-5(9)4-6(7)8(10)11;;;/h3-17H,1-2H3;5-11,17-18H,1-4H3,(H,22,23);6-9,12-13H,5H2,1-4H3;4-7,10-11H,1-3H3,(H,14,15);4-7,10-11H,13H2,1-3H3;4-9H,3H2,1-2H3;2-4H,1H3,(H,10,11);1H4;;1H2/q;;;;;;;;+1;/p-1/b;;;;;8-7+;;;;/t;17-,18-;12-,13+;10-,11+;10-,11-;;;;;/m.0000...../s1. The van der Waals surface area contributed by atoms with Crippen LogP contribution in [-0.4, -0.2) is 126 Å². The van der Waals surface area contributed by atoms with Gasteiger partial charge in [0.1, 0.15) is 45.8 Å². The molecule has 19 nitrogen and oxygen atoms in total. The first-order chi connectivity index (χ1) is 58.1. The average Bonchev–Trinajstić information content (AvgIpc) is 1.57. The van der Waals surface area contributed by atoms with Gasteiger partial charge in [0.2, 0.25) is 0 Å². The molecule has 0 unspecified atom stereocenters. The van der Waals surface area contributed by atoms with Crippen molar-refractivity contribution in [1.29, 1.82) is 0 Å². The number of hydrogen-bond acceptors (Lipinski definition) is 16. The zero-order chi connectivity index (χ0) is 89.4. The van der Waals surface area contributed by atoms with Gasteiger partial charge >= 0.3 is 53.4 Å². The second-order valence-electron chi connectivity index (χ2n) is 32.3. The third-order valence-electron chi connectivity index (χ3n) is 23.0. The summed E-state index contributed by atoms with van der Waals surface area (Å²) in [6.45, 7) is 24.2. The molecule has 4 fully saturated rings. The van der Waals surface area contributed by atoms with Crippen molar-refractivity contribution in [1.82, 2.24) is 5.32 Å². The number of benzene rings is 10. The Bertz CT molecular complexity index is 5170.